The summed E-state index contributed by atoms with van der Waals surface area (Å²) >= 11 is 0. The fraction of sp³-hybridized carbons (Fsp3) is 0.706. The van der Waals surface area contributed by atoms with E-state index in [2.05, 4.69) is 20.1 Å². The molecule has 3 rings (SSSR count). The molecule has 1 aromatic rings. The molecule has 1 N–H and O–H groups in total. The molecule has 8 heteroatoms. The summed E-state index contributed by atoms with van der Waals surface area (Å²) in [6, 6.07) is -0.290. The summed E-state index contributed by atoms with van der Waals surface area (Å²) in [7, 11) is 3.64. The van der Waals surface area contributed by atoms with E-state index in [-0.39, 0.29) is 17.9 Å². The van der Waals surface area contributed by atoms with Crippen LogP contribution in [-0.2, 0) is 23.2 Å². The van der Waals surface area contributed by atoms with Gasteiger partial charge in [-0.3, -0.25) is 19.4 Å². The van der Waals surface area contributed by atoms with Crippen molar-refractivity contribution in [1.82, 2.24) is 29.6 Å². The van der Waals surface area contributed by atoms with Gasteiger partial charge in [-0.2, -0.15) is 0 Å². The average Bonchev–Trinajstić information content (AvgIpc) is 3.25. The summed E-state index contributed by atoms with van der Waals surface area (Å²) in [4.78, 5) is 35.2. The molecule has 8 nitrogen and oxygen atoms in total. The second-order valence-electron chi connectivity index (χ2n) is 6.87. The van der Waals surface area contributed by atoms with Gasteiger partial charge in [0.1, 0.15) is 11.9 Å². The highest BCUT2D eigenvalue weighted by molar-refractivity contribution is 5.88. The van der Waals surface area contributed by atoms with Crippen molar-refractivity contribution in [3.63, 3.8) is 0 Å². The Morgan fingerprint density at radius 1 is 1.20 bits per heavy atom. The highest BCUT2D eigenvalue weighted by atomic mass is 16.2. The van der Waals surface area contributed by atoms with Crippen molar-refractivity contribution in [2.24, 2.45) is 7.05 Å². The average molecular weight is 348 g/mol. The number of aromatic nitrogens is 2. The van der Waals surface area contributed by atoms with Gasteiger partial charge >= 0.3 is 0 Å². The van der Waals surface area contributed by atoms with Crippen molar-refractivity contribution in [2.75, 3.05) is 46.3 Å². The maximum Gasteiger partial charge on any atom is 0.242 e. The highest BCUT2D eigenvalue weighted by Crippen LogP contribution is 2.18. The quantitative estimate of drug-likeness (QED) is 0.760. The van der Waals surface area contributed by atoms with E-state index in [1.54, 1.807) is 11.9 Å². The van der Waals surface area contributed by atoms with Crippen LogP contribution in [0.5, 0.6) is 0 Å². The third kappa shape index (κ3) is 4.19. The Hall–Kier alpha value is -1.93. The third-order valence-corrected chi connectivity index (χ3v) is 5.23. The van der Waals surface area contributed by atoms with E-state index in [9.17, 15) is 9.59 Å². The van der Waals surface area contributed by atoms with Crippen LogP contribution in [0.1, 0.15) is 18.7 Å². The van der Waals surface area contributed by atoms with Crippen LogP contribution in [0.15, 0.2) is 12.4 Å². The van der Waals surface area contributed by atoms with Gasteiger partial charge in [0.2, 0.25) is 11.8 Å². The number of nitrogens with one attached hydrogen (secondary N) is 1. The molecule has 0 bridgehead atoms. The van der Waals surface area contributed by atoms with Crippen molar-refractivity contribution in [3.8, 4) is 0 Å². The molecule has 1 aromatic heterocycles. The summed E-state index contributed by atoms with van der Waals surface area (Å²) in [5.74, 6) is 1.09. The molecule has 3 heterocycles. The van der Waals surface area contributed by atoms with Crippen LogP contribution < -0.4 is 5.32 Å². The van der Waals surface area contributed by atoms with Crippen molar-refractivity contribution in [2.45, 2.75) is 25.4 Å². The molecule has 2 fully saturated rings. The molecule has 0 spiro atoms. The van der Waals surface area contributed by atoms with Gasteiger partial charge in [-0.25, -0.2) is 4.98 Å². The molecule has 0 aliphatic carbocycles. The summed E-state index contributed by atoms with van der Waals surface area (Å²) < 4.78 is 2.04. The zero-order chi connectivity index (χ0) is 17.8. The number of likely N-dealkylation sites (tertiary alicyclic amines) is 1. The first-order valence-electron chi connectivity index (χ1n) is 9.00. The van der Waals surface area contributed by atoms with Crippen LogP contribution in [0.25, 0.3) is 0 Å². The summed E-state index contributed by atoms with van der Waals surface area (Å²) in [5.41, 5.74) is 0. The minimum Gasteiger partial charge on any atom is -0.357 e. The summed E-state index contributed by atoms with van der Waals surface area (Å²) in [5, 5.41) is 2.67. The van der Waals surface area contributed by atoms with Gasteiger partial charge in [0.05, 0.1) is 13.1 Å². The molecule has 2 aliphatic rings. The molecule has 2 amide bonds. The van der Waals surface area contributed by atoms with Crippen molar-refractivity contribution in [1.29, 1.82) is 0 Å². The number of imidazole rings is 1. The Labute approximate surface area is 148 Å². The maximum absolute atomic E-state index is 12.6. The topological polar surface area (TPSA) is 73.7 Å². The van der Waals surface area contributed by atoms with Crippen molar-refractivity contribution >= 4 is 11.8 Å². The minimum absolute atomic E-state index is 0.0502. The number of aryl methyl sites for hydroxylation is 1. The number of nitrogens with zero attached hydrogens (tertiary/aromatic N) is 5. The van der Waals surface area contributed by atoms with E-state index in [1.807, 2.05) is 24.0 Å². The molecule has 0 aromatic carbocycles. The first-order chi connectivity index (χ1) is 12.1. The third-order valence-electron chi connectivity index (χ3n) is 5.23. The molecular weight excluding hydrogens is 320 g/mol. The number of rotatable bonds is 5. The highest BCUT2D eigenvalue weighted by Gasteiger charge is 2.34. The minimum atomic E-state index is -0.290. The molecule has 0 unspecified atom stereocenters. The first kappa shape index (κ1) is 17.9. The van der Waals surface area contributed by atoms with E-state index in [0.717, 1.165) is 51.4 Å². The molecule has 138 valence electrons. The lowest BCUT2D eigenvalue weighted by Gasteiger charge is -2.35. The predicted octanol–water partition coefficient (Wildman–Crippen LogP) is -0.725. The van der Waals surface area contributed by atoms with Crippen molar-refractivity contribution in [3.05, 3.63) is 18.2 Å². The number of likely N-dealkylation sites (N-methyl/N-ethyl adjacent to an activating group) is 1. The Morgan fingerprint density at radius 2 is 1.92 bits per heavy atom. The van der Waals surface area contributed by atoms with Gasteiger partial charge < -0.3 is 14.8 Å². The largest absolute Gasteiger partial charge is 0.357 e. The SMILES string of the molecule is CNC(=O)[C@@H]1CCCN1C(=O)CN1CCN(Cc2nccn2C)CC1. The van der Waals surface area contributed by atoms with E-state index < -0.39 is 0 Å². The smallest absolute Gasteiger partial charge is 0.242 e. The van der Waals surface area contributed by atoms with Crippen LogP contribution in [0.3, 0.4) is 0 Å². The second-order valence-corrected chi connectivity index (χ2v) is 6.87. The lowest BCUT2D eigenvalue weighted by atomic mass is 10.2. The standard InChI is InChI=1S/C17H28N6O2/c1-18-17(25)14-4-3-6-23(14)16(24)13-22-10-8-21(9-11-22)12-15-19-5-7-20(15)2/h5,7,14H,3-4,6,8-13H2,1-2H3,(H,18,25)/t14-/m0/s1. The Kier molecular flexibility index (Phi) is 5.70. The molecule has 25 heavy (non-hydrogen) atoms. The number of hydrogen-bond acceptors (Lipinski definition) is 5. The monoisotopic (exact) mass is 348 g/mol. The zero-order valence-electron chi connectivity index (χ0n) is 15.1. The Balaban J connectivity index is 1.46. The molecule has 2 saturated heterocycles. The lowest BCUT2D eigenvalue weighted by Crippen LogP contribution is -2.52. The van der Waals surface area contributed by atoms with Gasteiger partial charge in [0.25, 0.3) is 0 Å². The van der Waals surface area contributed by atoms with Crippen LogP contribution in [-0.4, -0.2) is 88.4 Å². The van der Waals surface area contributed by atoms with E-state index in [0.29, 0.717) is 13.1 Å². The normalized spacial score (nSPS) is 22.3. The van der Waals surface area contributed by atoms with Gasteiger partial charge in [-0.15, -0.1) is 0 Å². The van der Waals surface area contributed by atoms with E-state index in [4.69, 9.17) is 0 Å². The van der Waals surface area contributed by atoms with E-state index in [1.165, 1.54) is 0 Å². The molecular formula is C17H28N6O2. The number of amides is 2. The zero-order valence-corrected chi connectivity index (χ0v) is 15.1. The van der Waals surface area contributed by atoms with Crippen LogP contribution >= 0.6 is 0 Å². The van der Waals surface area contributed by atoms with Crippen LogP contribution in [0.4, 0.5) is 0 Å². The van der Waals surface area contributed by atoms with Gasteiger partial charge in [0, 0.05) is 59.2 Å². The molecule has 1 atom stereocenters. The first-order valence-corrected chi connectivity index (χ1v) is 9.00. The summed E-state index contributed by atoms with van der Waals surface area (Å²) in [6.07, 6.45) is 5.45. The van der Waals surface area contributed by atoms with Crippen molar-refractivity contribution < 1.29 is 9.59 Å². The van der Waals surface area contributed by atoms with Crippen LogP contribution in [0, 0.1) is 0 Å². The van der Waals surface area contributed by atoms with Gasteiger partial charge in [0.15, 0.2) is 0 Å². The molecule has 2 aliphatic heterocycles. The second kappa shape index (κ2) is 7.97. The van der Waals surface area contributed by atoms with E-state index >= 15 is 0 Å². The molecule has 0 radical (unpaired) electrons. The predicted molar refractivity (Wildman–Crippen MR) is 93.7 cm³/mol. The van der Waals surface area contributed by atoms with Crippen LogP contribution in [0.2, 0.25) is 0 Å². The number of piperazine rings is 1. The fourth-order valence-corrected chi connectivity index (χ4v) is 3.64. The lowest BCUT2D eigenvalue weighted by molar-refractivity contribution is -0.139. The van der Waals surface area contributed by atoms with Gasteiger partial charge in [-0.1, -0.05) is 0 Å². The number of carbonyl (C=O) groups is 2. The Bertz CT molecular complexity index is 608. The number of hydrogen-bond donors (Lipinski definition) is 1. The molecule has 0 saturated carbocycles. The maximum atomic E-state index is 12.6. The Morgan fingerprint density at radius 3 is 2.56 bits per heavy atom. The summed E-state index contributed by atoms with van der Waals surface area (Å²) in [6.45, 7) is 5.54. The number of carbonyl (C=O) groups excluding carboxylic acids is 2. The fourth-order valence-electron chi connectivity index (χ4n) is 3.64. The van der Waals surface area contributed by atoms with Gasteiger partial charge in [-0.05, 0) is 12.8 Å².